The summed E-state index contributed by atoms with van der Waals surface area (Å²) in [5, 5.41) is 3.69. The molecule has 2 aromatic heterocycles. The summed E-state index contributed by atoms with van der Waals surface area (Å²) in [6.45, 7) is 4.06. The number of thiophene rings is 1. The number of allylic oxidation sites excluding steroid dienone is 1. The van der Waals surface area contributed by atoms with E-state index >= 15 is 0 Å². The van der Waals surface area contributed by atoms with Gasteiger partial charge in [-0.25, -0.2) is 4.98 Å². The molecular weight excluding hydrogens is 354 g/mol. The molecular formula is C18H17N3O2S2. The Morgan fingerprint density at radius 1 is 1.40 bits per heavy atom. The molecule has 5 nitrogen and oxygen atoms in total. The first-order valence-electron chi connectivity index (χ1n) is 7.68. The standard InChI is InChI=1S/C18H17N3O2S2/c1-3-9-21-17(23)13-10-14(12-7-5-4-6-8-12)25-16(13)20-18(21)24-11-15(22)19-2/h3-8,10H,1,9,11H2,2H3,(H,19,22). The molecule has 0 fully saturated rings. The summed E-state index contributed by atoms with van der Waals surface area (Å²) < 4.78 is 1.56. The van der Waals surface area contributed by atoms with Crippen molar-refractivity contribution in [3.8, 4) is 10.4 Å². The Morgan fingerprint density at radius 3 is 2.84 bits per heavy atom. The minimum absolute atomic E-state index is 0.109. The monoisotopic (exact) mass is 371 g/mol. The van der Waals surface area contributed by atoms with Gasteiger partial charge in [0.2, 0.25) is 5.91 Å². The number of aromatic nitrogens is 2. The second-order valence-corrected chi connectivity index (χ2v) is 7.23. The van der Waals surface area contributed by atoms with E-state index in [0.717, 1.165) is 10.4 Å². The van der Waals surface area contributed by atoms with Crippen molar-refractivity contribution in [2.24, 2.45) is 0 Å². The molecule has 0 aliphatic rings. The van der Waals surface area contributed by atoms with Crippen molar-refractivity contribution in [2.75, 3.05) is 12.8 Å². The molecule has 0 atom stereocenters. The number of carbonyl (C=O) groups is 1. The molecule has 0 unspecified atom stereocenters. The minimum atomic E-state index is -0.111. The third-order valence-electron chi connectivity index (χ3n) is 3.60. The molecule has 0 spiro atoms. The number of hydrogen-bond donors (Lipinski definition) is 1. The number of thioether (sulfide) groups is 1. The van der Waals surface area contributed by atoms with Crippen LogP contribution >= 0.6 is 23.1 Å². The van der Waals surface area contributed by atoms with Crippen molar-refractivity contribution in [3.05, 3.63) is 59.4 Å². The van der Waals surface area contributed by atoms with Gasteiger partial charge in [-0.15, -0.1) is 17.9 Å². The SMILES string of the molecule is C=CCn1c(SCC(=O)NC)nc2sc(-c3ccccc3)cc2c1=O. The summed E-state index contributed by atoms with van der Waals surface area (Å²) in [5.74, 6) is 0.100. The van der Waals surface area contributed by atoms with E-state index in [9.17, 15) is 9.59 Å². The fraction of sp³-hybridized carbons (Fsp3) is 0.167. The van der Waals surface area contributed by atoms with Crippen molar-refractivity contribution in [1.29, 1.82) is 0 Å². The van der Waals surface area contributed by atoms with Gasteiger partial charge in [-0.3, -0.25) is 14.2 Å². The highest BCUT2D eigenvalue weighted by molar-refractivity contribution is 7.99. The molecule has 1 N–H and O–H groups in total. The molecule has 2 heterocycles. The third kappa shape index (κ3) is 3.67. The molecule has 1 aromatic carbocycles. The number of nitrogens with zero attached hydrogens (tertiary/aromatic N) is 2. The fourth-order valence-electron chi connectivity index (χ4n) is 2.34. The molecule has 0 saturated carbocycles. The molecule has 0 saturated heterocycles. The van der Waals surface area contributed by atoms with Crippen molar-refractivity contribution in [3.63, 3.8) is 0 Å². The number of rotatable bonds is 6. The predicted octanol–water partition coefficient (Wildman–Crippen LogP) is 3.15. The van der Waals surface area contributed by atoms with Gasteiger partial charge in [0.15, 0.2) is 5.16 Å². The molecule has 3 rings (SSSR count). The maximum absolute atomic E-state index is 12.9. The zero-order chi connectivity index (χ0) is 17.8. The number of benzene rings is 1. The van der Waals surface area contributed by atoms with Crippen LogP contribution in [-0.2, 0) is 11.3 Å². The Bertz CT molecular complexity index is 977. The second-order valence-electron chi connectivity index (χ2n) is 5.26. The summed E-state index contributed by atoms with van der Waals surface area (Å²) >= 11 is 2.73. The Labute approximate surface area is 153 Å². The van der Waals surface area contributed by atoms with E-state index in [2.05, 4.69) is 16.9 Å². The molecule has 1 amide bonds. The second kappa shape index (κ2) is 7.67. The van der Waals surface area contributed by atoms with Gasteiger partial charge in [-0.05, 0) is 11.6 Å². The first-order chi connectivity index (χ1) is 12.1. The third-order valence-corrected chi connectivity index (χ3v) is 5.65. The van der Waals surface area contributed by atoms with E-state index < -0.39 is 0 Å². The van der Waals surface area contributed by atoms with Gasteiger partial charge in [0, 0.05) is 18.5 Å². The molecule has 25 heavy (non-hydrogen) atoms. The lowest BCUT2D eigenvalue weighted by atomic mass is 10.2. The Balaban J connectivity index is 2.09. The van der Waals surface area contributed by atoms with Gasteiger partial charge in [0.25, 0.3) is 5.56 Å². The maximum atomic E-state index is 12.9. The van der Waals surface area contributed by atoms with Crippen LogP contribution in [0.1, 0.15) is 0 Å². The van der Waals surface area contributed by atoms with Gasteiger partial charge in [-0.1, -0.05) is 48.2 Å². The van der Waals surface area contributed by atoms with Gasteiger partial charge >= 0.3 is 0 Å². The van der Waals surface area contributed by atoms with E-state index in [1.165, 1.54) is 23.1 Å². The van der Waals surface area contributed by atoms with Crippen LogP contribution in [0.4, 0.5) is 0 Å². The number of carbonyl (C=O) groups excluding carboxylic acids is 1. The molecule has 7 heteroatoms. The summed E-state index contributed by atoms with van der Waals surface area (Å²) in [7, 11) is 1.59. The van der Waals surface area contributed by atoms with Crippen molar-refractivity contribution in [1.82, 2.24) is 14.9 Å². The van der Waals surface area contributed by atoms with Crippen LogP contribution in [0.25, 0.3) is 20.7 Å². The number of nitrogens with one attached hydrogen (secondary N) is 1. The first kappa shape index (κ1) is 17.4. The molecule has 3 aromatic rings. The normalized spacial score (nSPS) is 10.8. The average molecular weight is 371 g/mol. The molecule has 0 bridgehead atoms. The van der Waals surface area contributed by atoms with Crippen molar-refractivity contribution in [2.45, 2.75) is 11.7 Å². The lowest BCUT2D eigenvalue weighted by molar-refractivity contribution is -0.118. The van der Waals surface area contributed by atoms with Crippen LogP contribution < -0.4 is 10.9 Å². The smallest absolute Gasteiger partial charge is 0.263 e. The molecule has 0 aliphatic carbocycles. The van der Waals surface area contributed by atoms with E-state index in [-0.39, 0.29) is 17.2 Å². The first-order valence-corrected chi connectivity index (χ1v) is 9.48. The van der Waals surface area contributed by atoms with Crippen LogP contribution in [0.15, 0.2) is 59.0 Å². The predicted molar refractivity (Wildman–Crippen MR) is 104 cm³/mol. The van der Waals surface area contributed by atoms with Crippen LogP contribution in [0.2, 0.25) is 0 Å². The highest BCUT2D eigenvalue weighted by Gasteiger charge is 2.15. The Morgan fingerprint density at radius 2 is 2.16 bits per heavy atom. The highest BCUT2D eigenvalue weighted by atomic mass is 32.2. The highest BCUT2D eigenvalue weighted by Crippen LogP contribution is 2.32. The summed E-state index contributed by atoms with van der Waals surface area (Å²) in [6.07, 6.45) is 1.66. The molecule has 128 valence electrons. The maximum Gasteiger partial charge on any atom is 0.263 e. The zero-order valence-corrected chi connectivity index (χ0v) is 15.3. The zero-order valence-electron chi connectivity index (χ0n) is 13.7. The van der Waals surface area contributed by atoms with Crippen molar-refractivity contribution < 1.29 is 4.79 Å². The van der Waals surface area contributed by atoms with E-state index in [4.69, 9.17) is 0 Å². The van der Waals surface area contributed by atoms with Crippen LogP contribution in [-0.4, -0.2) is 28.3 Å². The Kier molecular flexibility index (Phi) is 5.35. The molecule has 0 aliphatic heterocycles. The largest absolute Gasteiger partial charge is 0.358 e. The summed E-state index contributed by atoms with van der Waals surface area (Å²) in [6, 6.07) is 11.8. The van der Waals surface area contributed by atoms with Gasteiger partial charge in [0.05, 0.1) is 11.1 Å². The lowest BCUT2D eigenvalue weighted by Crippen LogP contribution is -2.24. The average Bonchev–Trinajstić information content (AvgIpc) is 3.07. The summed E-state index contributed by atoms with van der Waals surface area (Å²) in [5.41, 5.74) is 0.947. The van der Waals surface area contributed by atoms with Crippen LogP contribution in [0, 0.1) is 0 Å². The molecule has 0 radical (unpaired) electrons. The topological polar surface area (TPSA) is 64.0 Å². The number of fused-ring (bicyclic) bond motifs is 1. The van der Waals surface area contributed by atoms with Gasteiger partial charge < -0.3 is 5.32 Å². The fourth-order valence-corrected chi connectivity index (χ4v) is 4.30. The van der Waals surface area contributed by atoms with Crippen molar-refractivity contribution >= 4 is 39.2 Å². The van der Waals surface area contributed by atoms with E-state index in [0.29, 0.717) is 21.9 Å². The summed E-state index contributed by atoms with van der Waals surface area (Å²) in [4.78, 5) is 30.7. The van der Waals surface area contributed by atoms with Crippen LogP contribution in [0.3, 0.4) is 0 Å². The van der Waals surface area contributed by atoms with E-state index in [1.54, 1.807) is 17.7 Å². The Hall–Kier alpha value is -2.38. The van der Waals surface area contributed by atoms with Gasteiger partial charge in [0.1, 0.15) is 4.83 Å². The number of hydrogen-bond acceptors (Lipinski definition) is 5. The number of amides is 1. The quantitative estimate of drug-likeness (QED) is 0.411. The minimum Gasteiger partial charge on any atom is -0.358 e. The van der Waals surface area contributed by atoms with Gasteiger partial charge in [-0.2, -0.15) is 0 Å². The lowest BCUT2D eigenvalue weighted by Gasteiger charge is -2.09. The van der Waals surface area contributed by atoms with Crippen LogP contribution in [0.5, 0.6) is 0 Å². The van der Waals surface area contributed by atoms with E-state index in [1.807, 2.05) is 36.4 Å².